The minimum absolute atomic E-state index is 0.0734. The van der Waals surface area contributed by atoms with E-state index in [1.165, 1.54) is 0 Å². The average molecular weight is 358 g/mol. The number of hydrogen-bond acceptors (Lipinski definition) is 3. The van der Waals surface area contributed by atoms with E-state index in [9.17, 15) is 9.59 Å². The minimum atomic E-state index is -1.03. The van der Waals surface area contributed by atoms with Crippen molar-refractivity contribution in [2.24, 2.45) is 0 Å². The second-order valence-electron chi connectivity index (χ2n) is 6.93. The smallest absolute Gasteiger partial charge is 0.240 e. The third-order valence-electron chi connectivity index (χ3n) is 5.54. The van der Waals surface area contributed by atoms with E-state index in [2.05, 4.69) is 22.7 Å². The lowest BCUT2D eigenvalue weighted by Gasteiger charge is -2.31. The maximum Gasteiger partial charge on any atom is 0.240 e. The van der Waals surface area contributed by atoms with E-state index in [1.807, 2.05) is 48.5 Å². The van der Waals surface area contributed by atoms with Crippen molar-refractivity contribution in [2.75, 3.05) is 10.6 Å². The summed E-state index contributed by atoms with van der Waals surface area (Å²) in [6.45, 7) is 2.08. The zero-order valence-electron chi connectivity index (χ0n) is 14.8. The van der Waals surface area contributed by atoms with Gasteiger partial charge in [0.2, 0.25) is 11.8 Å². The summed E-state index contributed by atoms with van der Waals surface area (Å²) < 4.78 is 1.74. The highest BCUT2D eigenvalue weighted by Gasteiger charge is 2.54. The van der Waals surface area contributed by atoms with Gasteiger partial charge in [0.05, 0.1) is 11.9 Å². The van der Waals surface area contributed by atoms with Gasteiger partial charge in [-0.25, -0.2) is 4.68 Å². The highest BCUT2D eigenvalue weighted by molar-refractivity contribution is 6.14. The molecule has 134 valence electrons. The molecule has 1 atom stereocenters. The second kappa shape index (κ2) is 5.54. The van der Waals surface area contributed by atoms with E-state index in [0.717, 1.165) is 34.5 Å². The fourth-order valence-corrected chi connectivity index (χ4v) is 4.25. The van der Waals surface area contributed by atoms with E-state index < -0.39 is 5.41 Å². The van der Waals surface area contributed by atoms with Crippen LogP contribution in [0.5, 0.6) is 0 Å². The quantitative estimate of drug-likeness (QED) is 0.739. The molecule has 0 bridgehead atoms. The molecule has 2 N–H and O–H groups in total. The molecule has 0 aliphatic carbocycles. The van der Waals surface area contributed by atoms with Gasteiger partial charge in [0.1, 0.15) is 11.2 Å². The number of nitrogens with zero attached hydrogens (tertiary/aromatic N) is 2. The number of aryl methyl sites for hydroxylation is 1. The molecule has 0 radical (unpaired) electrons. The lowest BCUT2D eigenvalue weighted by molar-refractivity contribution is -0.125. The Hall–Kier alpha value is -3.41. The minimum Gasteiger partial charge on any atom is -0.325 e. The SMILES string of the molecule is CCc1ccccc1-n1ncc2c1NC(=O)C[C@@]21C(=O)Nc2ccccc21. The molecule has 2 amide bonds. The van der Waals surface area contributed by atoms with Gasteiger partial charge in [-0.2, -0.15) is 5.10 Å². The second-order valence-corrected chi connectivity index (χ2v) is 6.93. The van der Waals surface area contributed by atoms with Gasteiger partial charge in [0, 0.05) is 17.7 Å². The van der Waals surface area contributed by atoms with Gasteiger partial charge in [0.15, 0.2) is 0 Å². The first kappa shape index (κ1) is 15.8. The Morgan fingerprint density at radius 2 is 1.81 bits per heavy atom. The van der Waals surface area contributed by atoms with Crippen LogP contribution >= 0.6 is 0 Å². The molecule has 3 aromatic rings. The molecule has 0 saturated carbocycles. The molecule has 6 heteroatoms. The molecule has 27 heavy (non-hydrogen) atoms. The summed E-state index contributed by atoms with van der Waals surface area (Å²) in [7, 11) is 0. The van der Waals surface area contributed by atoms with Crippen LogP contribution in [0.3, 0.4) is 0 Å². The number of carbonyl (C=O) groups is 2. The van der Waals surface area contributed by atoms with E-state index >= 15 is 0 Å². The number of rotatable bonds is 2. The van der Waals surface area contributed by atoms with Crippen molar-refractivity contribution in [1.82, 2.24) is 9.78 Å². The highest BCUT2D eigenvalue weighted by atomic mass is 16.2. The maximum absolute atomic E-state index is 13.1. The van der Waals surface area contributed by atoms with Crippen LogP contribution in [-0.2, 0) is 21.4 Å². The van der Waals surface area contributed by atoms with E-state index in [4.69, 9.17) is 0 Å². The van der Waals surface area contributed by atoms with Crippen LogP contribution in [0.1, 0.15) is 30.0 Å². The first-order valence-corrected chi connectivity index (χ1v) is 9.02. The van der Waals surface area contributed by atoms with Crippen LogP contribution in [-0.4, -0.2) is 21.6 Å². The van der Waals surface area contributed by atoms with E-state index in [1.54, 1.807) is 10.9 Å². The molecule has 6 nitrogen and oxygen atoms in total. The Kier molecular flexibility index (Phi) is 3.25. The van der Waals surface area contributed by atoms with Crippen LogP contribution in [0, 0.1) is 0 Å². The van der Waals surface area contributed by atoms with Crippen molar-refractivity contribution in [3.8, 4) is 5.69 Å². The summed E-state index contributed by atoms with van der Waals surface area (Å²) >= 11 is 0. The van der Waals surface area contributed by atoms with Crippen LogP contribution in [0.25, 0.3) is 5.69 Å². The topological polar surface area (TPSA) is 76.0 Å². The van der Waals surface area contributed by atoms with Crippen LogP contribution in [0.15, 0.2) is 54.7 Å². The summed E-state index contributed by atoms with van der Waals surface area (Å²) in [5.74, 6) is 0.201. The fourth-order valence-electron chi connectivity index (χ4n) is 4.25. The van der Waals surface area contributed by atoms with Crippen LogP contribution < -0.4 is 10.6 Å². The number of benzene rings is 2. The molecule has 2 aromatic carbocycles. The predicted molar refractivity (Wildman–Crippen MR) is 102 cm³/mol. The predicted octanol–water partition coefficient (Wildman–Crippen LogP) is 3.02. The molecular formula is C21H18N4O2. The van der Waals surface area contributed by atoms with Gasteiger partial charge in [0.25, 0.3) is 0 Å². The summed E-state index contributed by atoms with van der Waals surface area (Å²) in [6, 6.07) is 15.5. The number of para-hydroxylation sites is 2. The summed E-state index contributed by atoms with van der Waals surface area (Å²) in [5, 5.41) is 10.4. The van der Waals surface area contributed by atoms with Crippen molar-refractivity contribution in [3.05, 3.63) is 71.4 Å². The number of anilines is 2. The van der Waals surface area contributed by atoms with Crippen molar-refractivity contribution < 1.29 is 9.59 Å². The highest BCUT2D eigenvalue weighted by Crippen LogP contribution is 2.50. The fraction of sp³-hybridized carbons (Fsp3) is 0.190. The Morgan fingerprint density at radius 3 is 2.67 bits per heavy atom. The van der Waals surface area contributed by atoms with Gasteiger partial charge in [-0.15, -0.1) is 0 Å². The van der Waals surface area contributed by atoms with Crippen LogP contribution in [0.4, 0.5) is 11.5 Å². The Balaban J connectivity index is 1.77. The molecule has 3 heterocycles. The van der Waals surface area contributed by atoms with E-state index in [-0.39, 0.29) is 18.2 Å². The number of aromatic nitrogens is 2. The molecule has 2 aliphatic heterocycles. The van der Waals surface area contributed by atoms with Crippen molar-refractivity contribution in [2.45, 2.75) is 25.2 Å². The maximum atomic E-state index is 13.1. The first-order valence-electron chi connectivity index (χ1n) is 9.02. The molecule has 2 aliphatic rings. The molecule has 0 saturated heterocycles. The average Bonchev–Trinajstić information content (AvgIpc) is 3.22. The zero-order valence-corrected chi connectivity index (χ0v) is 14.8. The number of nitrogens with one attached hydrogen (secondary N) is 2. The van der Waals surface area contributed by atoms with Crippen LogP contribution in [0.2, 0.25) is 0 Å². The Bertz CT molecular complexity index is 1100. The molecular weight excluding hydrogens is 340 g/mol. The normalized spacial score (nSPS) is 20.2. The summed E-state index contributed by atoms with van der Waals surface area (Å²) in [5.41, 5.74) is 3.31. The van der Waals surface area contributed by atoms with Gasteiger partial charge in [-0.1, -0.05) is 43.3 Å². The van der Waals surface area contributed by atoms with Gasteiger partial charge < -0.3 is 10.6 Å². The third-order valence-corrected chi connectivity index (χ3v) is 5.54. The van der Waals surface area contributed by atoms with Gasteiger partial charge >= 0.3 is 0 Å². The monoisotopic (exact) mass is 358 g/mol. The summed E-state index contributed by atoms with van der Waals surface area (Å²) in [4.78, 5) is 25.7. The van der Waals surface area contributed by atoms with Crippen molar-refractivity contribution in [3.63, 3.8) is 0 Å². The molecule has 1 spiro atoms. The van der Waals surface area contributed by atoms with E-state index in [0.29, 0.717) is 5.82 Å². The standard InChI is InChI=1S/C21H18N4O2/c1-2-13-7-3-6-10-17(13)25-19-15(12-22-25)21(11-18(26)24-19)14-8-4-5-9-16(14)23-20(21)27/h3-10,12H,2,11H2,1H3,(H,23,27)(H,24,26)/t21-/m0/s1. The number of amides is 2. The Labute approximate surface area is 156 Å². The van der Waals surface area contributed by atoms with Crippen molar-refractivity contribution >= 4 is 23.3 Å². The van der Waals surface area contributed by atoms with Gasteiger partial charge in [-0.05, 0) is 29.7 Å². The largest absolute Gasteiger partial charge is 0.325 e. The number of fused-ring (bicyclic) bond motifs is 4. The van der Waals surface area contributed by atoms with Gasteiger partial charge in [-0.3, -0.25) is 9.59 Å². The Morgan fingerprint density at radius 1 is 1.04 bits per heavy atom. The van der Waals surface area contributed by atoms with Crippen molar-refractivity contribution in [1.29, 1.82) is 0 Å². The number of carbonyl (C=O) groups excluding carboxylic acids is 2. The molecule has 1 aromatic heterocycles. The molecule has 5 rings (SSSR count). The summed E-state index contributed by atoms with van der Waals surface area (Å²) in [6.07, 6.45) is 2.63. The molecule has 0 unspecified atom stereocenters. The number of hydrogen-bond donors (Lipinski definition) is 2. The first-order chi connectivity index (χ1) is 13.1. The zero-order chi connectivity index (χ0) is 18.6. The lowest BCUT2D eigenvalue weighted by atomic mass is 9.72. The third kappa shape index (κ3) is 2.04. The molecule has 0 fully saturated rings. The lowest BCUT2D eigenvalue weighted by Crippen LogP contribution is -2.43.